The molecule has 0 aromatic heterocycles. The number of hydrogen-bond donors (Lipinski definition) is 2. The smallest absolute Gasteiger partial charge is 0.329 e. The van der Waals surface area contributed by atoms with Crippen LogP contribution in [0.2, 0.25) is 0 Å². The highest BCUT2D eigenvalue weighted by molar-refractivity contribution is 9.10. The summed E-state index contributed by atoms with van der Waals surface area (Å²) in [5.74, 6) is -0.483. The van der Waals surface area contributed by atoms with Crippen LogP contribution in [-0.2, 0) is 9.59 Å². The lowest BCUT2D eigenvalue weighted by atomic mass is 9.88. The number of carbonyl (C=O) groups is 3. The maximum Gasteiger partial charge on any atom is 0.329 e. The van der Waals surface area contributed by atoms with E-state index < -0.39 is 24.4 Å². The molecule has 182 valence electrons. The van der Waals surface area contributed by atoms with Crippen LogP contribution >= 0.6 is 15.9 Å². The van der Waals surface area contributed by atoms with Crippen LogP contribution in [0.25, 0.3) is 11.6 Å². The Morgan fingerprint density at radius 2 is 1.89 bits per heavy atom. The Morgan fingerprint density at radius 3 is 2.54 bits per heavy atom. The molecule has 8 nitrogen and oxygen atoms in total. The fourth-order valence-corrected chi connectivity index (χ4v) is 4.50. The van der Waals surface area contributed by atoms with Gasteiger partial charge in [0, 0.05) is 40.1 Å². The van der Waals surface area contributed by atoms with Gasteiger partial charge in [0.15, 0.2) is 0 Å². The van der Waals surface area contributed by atoms with Gasteiger partial charge in [0.25, 0.3) is 5.91 Å². The SMILES string of the molecule is COc1cc2c(cc1/C=C1/NC(=O)N(CC(=O)Nc3ccc(Br)cc3)C1=O)C(C)=CC(C)(C)N2C. The molecular formula is C26H27BrN4O4. The predicted molar refractivity (Wildman–Crippen MR) is 140 cm³/mol. The second kappa shape index (κ2) is 9.22. The number of amides is 4. The highest BCUT2D eigenvalue weighted by atomic mass is 79.9. The summed E-state index contributed by atoms with van der Waals surface area (Å²) in [6, 6.07) is 10.2. The van der Waals surface area contributed by atoms with Crippen LogP contribution in [0, 0.1) is 0 Å². The highest BCUT2D eigenvalue weighted by Crippen LogP contribution is 2.41. The summed E-state index contributed by atoms with van der Waals surface area (Å²) in [4.78, 5) is 41.0. The van der Waals surface area contributed by atoms with Gasteiger partial charge in [0.1, 0.15) is 18.0 Å². The quantitative estimate of drug-likeness (QED) is 0.428. The summed E-state index contributed by atoms with van der Waals surface area (Å²) < 4.78 is 6.48. The van der Waals surface area contributed by atoms with Gasteiger partial charge in [-0.2, -0.15) is 0 Å². The molecule has 35 heavy (non-hydrogen) atoms. The van der Waals surface area contributed by atoms with Crippen molar-refractivity contribution in [3.63, 3.8) is 0 Å². The molecule has 2 aliphatic heterocycles. The van der Waals surface area contributed by atoms with Crippen LogP contribution < -0.4 is 20.3 Å². The lowest BCUT2D eigenvalue weighted by molar-refractivity contribution is -0.127. The van der Waals surface area contributed by atoms with E-state index in [9.17, 15) is 14.4 Å². The number of allylic oxidation sites excluding steroid dienone is 1. The number of rotatable bonds is 5. The van der Waals surface area contributed by atoms with Crippen molar-refractivity contribution in [2.24, 2.45) is 0 Å². The number of fused-ring (bicyclic) bond motifs is 1. The van der Waals surface area contributed by atoms with E-state index in [2.05, 4.69) is 51.4 Å². The van der Waals surface area contributed by atoms with Gasteiger partial charge in [0.05, 0.1) is 12.6 Å². The first-order valence-electron chi connectivity index (χ1n) is 11.1. The molecule has 2 aromatic carbocycles. The maximum atomic E-state index is 13.0. The van der Waals surface area contributed by atoms with Crippen LogP contribution in [0.5, 0.6) is 5.75 Å². The molecule has 9 heteroatoms. The number of ether oxygens (including phenoxy) is 1. The van der Waals surface area contributed by atoms with Gasteiger partial charge in [0.2, 0.25) is 5.91 Å². The molecule has 1 saturated heterocycles. The third-order valence-corrected chi connectivity index (χ3v) is 6.79. The Bertz CT molecular complexity index is 1280. The number of urea groups is 1. The first-order chi connectivity index (χ1) is 16.5. The molecule has 4 rings (SSSR count). The largest absolute Gasteiger partial charge is 0.496 e. The number of likely N-dealkylation sites (N-methyl/N-ethyl adjacent to an activating group) is 1. The first-order valence-corrected chi connectivity index (χ1v) is 11.8. The number of anilines is 2. The van der Waals surface area contributed by atoms with Crippen LogP contribution in [0.15, 0.2) is 52.6 Å². The minimum absolute atomic E-state index is 0.0795. The van der Waals surface area contributed by atoms with Gasteiger partial charge in [-0.25, -0.2) is 9.69 Å². The van der Waals surface area contributed by atoms with Crippen molar-refractivity contribution >= 4 is 56.8 Å². The van der Waals surface area contributed by atoms with Crippen LogP contribution in [0.4, 0.5) is 16.2 Å². The van der Waals surface area contributed by atoms with Crippen molar-refractivity contribution in [3.8, 4) is 5.75 Å². The van der Waals surface area contributed by atoms with Crippen molar-refractivity contribution < 1.29 is 19.1 Å². The zero-order valence-corrected chi connectivity index (χ0v) is 21.8. The summed E-state index contributed by atoms with van der Waals surface area (Å²) in [6.07, 6.45) is 3.77. The Hall–Kier alpha value is -3.59. The van der Waals surface area contributed by atoms with Crippen LogP contribution in [-0.4, -0.2) is 49.0 Å². The van der Waals surface area contributed by atoms with Crippen molar-refractivity contribution in [2.75, 3.05) is 30.9 Å². The molecular weight excluding hydrogens is 512 g/mol. The minimum Gasteiger partial charge on any atom is -0.496 e. The number of hydrogen-bond acceptors (Lipinski definition) is 5. The van der Waals surface area contributed by atoms with E-state index in [1.165, 1.54) is 0 Å². The normalized spacial score (nSPS) is 17.8. The molecule has 0 spiro atoms. The molecule has 0 aliphatic carbocycles. The summed E-state index contributed by atoms with van der Waals surface area (Å²) in [5, 5.41) is 5.26. The van der Waals surface area contributed by atoms with Gasteiger partial charge in [-0.05, 0) is 62.8 Å². The molecule has 2 aromatic rings. The highest BCUT2D eigenvalue weighted by Gasteiger charge is 2.35. The van der Waals surface area contributed by atoms with Crippen LogP contribution in [0.1, 0.15) is 31.9 Å². The fourth-order valence-electron chi connectivity index (χ4n) is 4.23. The van der Waals surface area contributed by atoms with E-state index in [-0.39, 0.29) is 11.2 Å². The summed E-state index contributed by atoms with van der Waals surface area (Å²) >= 11 is 3.33. The lowest BCUT2D eigenvalue weighted by Gasteiger charge is -2.41. The molecule has 0 atom stereocenters. The van der Waals surface area contributed by atoms with Crippen molar-refractivity contribution in [1.82, 2.24) is 10.2 Å². The second-order valence-electron chi connectivity index (χ2n) is 9.09. The molecule has 0 unspecified atom stereocenters. The van der Waals surface area contributed by atoms with E-state index in [0.29, 0.717) is 17.0 Å². The molecule has 0 radical (unpaired) electrons. The third-order valence-electron chi connectivity index (χ3n) is 6.26. The molecule has 2 aliphatic rings. The lowest BCUT2D eigenvalue weighted by Crippen LogP contribution is -2.42. The molecule has 2 N–H and O–H groups in total. The zero-order chi connectivity index (χ0) is 25.5. The van der Waals surface area contributed by atoms with Crippen molar-refractivity contribution in [1.29, 1.82) is 0 Å². The number of imide groups is 1. The molecule has 1 fully saturated rings. The number of carbonyl (C=O) groups excluding carboxylic acids is 3. The standard InChI is InChI=1S/C26H27BrN4O4/c1-15-13-26(2,3)30(4)21-12-22(35-5)16(10-19(15)21)11-20-24(33)31(25(34)29-20)14-23(32)28-18-8-6-17(27)7-9-18/h6-13H,14H2,1-5H3,(H,28,32)(H,29,34)/b20-11+. The molecule has 2 heterocycles. The molecule has 0 bridgehead atoms. The molecule has 0 saturated carbocycles. The van der Waals surface area contributed by atoms with E-state index in [1.54, 1.807) is 37.5 Å². The van der Waals surface area contributed by atoms with Gasteiger partial charge in [-0.3, -0.25) is 9.59 Å². The fraction of sp³-hybridized carbons (Fsp3) is 0.269. The Morgan fingerprint density at radius 1 is 1.20 bits per heavy atom. The topological polar surface area (TPSA) is 91.0 Å². The average Bonchev–Trinajstić information content (AvgIpc) is 3.06. The summed E-state index contributed by atoms with van der Waals surface area (Å²) in [5.41, 5.74) is 4.28. The van der Waals surface area contributed by atoms with Gasteiger partial charge in [-0.1, -0.05) is 22.0 Å². The van der Waals surface area contributed by atoms with E-state index in [1.807, 2.05) is 26.1 Å². The van der Waals surface area contributed by atoms with Crippen molar-refractivity contribution in [3.05, 3.63) is 63.8 Å². The maximum absolute atomic E-state index is 13.0. The van der Waals surface area contributed by atoms with Gasteiger partial charge >= 0.3 is 6.03 Å². The Labute approximate surface area is 212 Å². The monoisotopic (exact) mass is 538 g/mol. The number of nitrogens with zero attached hydrogens (tertiary/aromatic N) is 2. The average molecular weight is 539 g/mol. The zero-order valence-electron chi connectivity index (χ0n) is 20.2. The van der Waals surface area contributed by atoms with E-state index >= 15 is 0 Å². The van der Waals surface area contributed by atoms with Crippen LogP contribution in [0.3, 0.4) is 0 Å². The predicted octanol–water partition coefficient (Wildman–Crippen LogP) is 4.62. The Balaban J connectivity index is 1.58. The number of methoxy groups -OCH3 is 1. The van der Waals surface area contributed by atoms with Crippen molar-refractivity contribution in [2.45, 2.75) is 26.3 Å². The van der Waals surface area contributed by atoms with E-state index in [0.717, 1.165) is 26.2 Å². The summed E-state index contributed by atoms with van der Waals surface area (Å²) in [6.45, 7) is 5.92. The summed E-state index contributed by atoms with van der Waals surface area (Å²) in [7, 11) is 3.59. The number of nitrogens with one attached hydrogen (secondary N) is 2. The van der Waals surface area contributed by atoms with Gasteiger partial charge < -0.3 is 20.3 Å². The Kier molecular flexibility index (Phi) is 6.46. The first kappa shape index (κ1) is 24.5. The minimum atomic E-state index is -0.651. The van der Waals surface area contributed by atoms with E-state index in [4.69, 9.17) is 4.74 Å². The number of halogens is 1. The van der Waals surface area contributed by atoms with Gasteiger partial charge in [-0.15, -0.1) is 0 Å². The second-order valence-corrected chi connectivity index (χ2v) is 10.0. The third kappa shape index (κ3) is 4.81. The number of benzene rings is 2. The molecule has 4 amide bonds.